The lowest BCUT2D eigenvalue weighted by Gasteiger charge is -2.21. The molecule has 0 spiro atoms. The molecule has 0 saturated carbocycles. The SMILES string of the molecule is CC(C)Oc1nc(C(C)C)nc2c1CCNC2. The Hall–Kier alpha value is -1.16. The molecule has 2 rings (SSSR count). The highest BCUT2D eigenvalue weighted by Gasteiger charge is 2.20. The van der Waals surface area contributed by atoms with Crippen molar-refractivity contribution in [3.8, 4) is 5.88 Å². The first-order valence-electron chi connectivity index (χ1n) is 6.35. The molecule has 1 aliphatic heterocycles. The van der Waals surface area contributed by atoms with Crippen molar-refractivity contribution in [1.82, 2.24) is 15.3 Å². The molecule has 0 amide bonds. The minimum atomic E-state index is 0.156. The van der Waals surface area contributed by atoms with Crippen molar-refractivity contribution < 1.29 is 4.74 Å². The molecule has 1 aromatic heterocycles. The predicted molar refractivity (Wildman–Crippen MR) is 67.3 cm³/mol. The second-order valence-corrected chi connectivity index (χ2v) is 5.06. The maximum Gasteiger partial charge on any atom is 0.220 e. The number of hydrogen-bond acceptors (Lipinski definition) is 4. The number of ether oxygens (including phenoxy) is 1. The summed E-state index contributed by atoms with van der Waals surface area (Å²) in [5, 5.41) is 3.34. The largest absolute Gasteiger partial charge is 0.475 e. The van der Waals surface area contributed by atoms with Crippen LogP contribution in [0.25, 0.3) is 0 Å². The minimum Gasteiger partial charge on any atom is -0.475 e. The summed E-state index contributed by atoms with van der Waals surface area (Å²) < 4.78 is 5.82. The van der Waals surface area contributed by atoms with Gasteiger partial charge in [-0.1, -0.05) is 13.8 Å². The highest BCUT2D eigenvalue weighted by atomic mass is 16.5. The molecule has 0 unspecified atom stereocenters. The Morgan fingerprint density at radius 3 is 2.59 bits per heavy atom. The van der Waals surface area contributed by atoms with Crippen molar-refractivity contribution in [1.29, 1.82) is 0 Å². The van der Waals surface area contributed by atoms with Crippen LogP contribution in [-0.4, -0.2) is 22.6 Å². The summed E-state index contributed by atoms with van der Waals surface area (Å²) in [6.45, 7) is 10.1. The van der Waals surface area contributed by atoms with E-state index in [4.69, 9.17) is 4.74 Å². The Kier molecular flexibility index (Phi) is 3.62. The van der Waals surface area contributed by atoms with E-state index in [1.54, 1.807) is 0 Å². The van der Waals surface area contributed by atoms with Gasteiger partial charge in [0.2, 0.25) is 5.88 Å². The molecule has 0 atom stereocenters. The number of fused-ring (bicyclic) bond motifs is 1. The molecule has 0 aliphatic carbocycles. The molecule has 4 heteroatoms. The Balaban J connectivity index is 2.42. The number of rotatable bonds is 3. The molecule has 17 heavy (non-hydrogen) atoms. The lowest BCUT2D eigenvalue weighted by atomic mass is 10.1. The van der Waals surface area contributed by atoms with Crippen LogP contribution in [0, 0.1) is 0 Å². The van der Waals surface area contributed by atoms with Crippen molar-refractivity contribution in [3.05, 3.63) is 17.1 Å². The van der Waals surface area contributed by atoms with Gasteiger partial charge in [0.05, 0.1) is 11.8 Å². The highest BCUT2D eigenvalue weighted by molar-refractivity contribution is 5.33. The van der Waals surface area contributed by atoms with Gasteiger partial charge in [0.1, 0.15) is 5.82 Å². The Morgan fingerprint density at radius 1 is 1.18 bits per heavy atom. The lowest BCUT2D eigenvalue weighted by Crippen LogP contribution is -2.27. The van der Waals surface area contributed by atoms with Gasteiger partial charge in [-0.05, 0) is 26.8 Å². The normalized spacial score (nSPS) is 15.2. The summed E-state index contributed by atoms with van der Waals surface area (Å²) in [7, 11) is 0. The standard InChI is InChI=1S/C13H21N3O/c1-8(2)12-15-11-7-14-6-5-10(11)13(16-12)17-9(3)4/h8-9,14H,5-7H2,1-4H3. The molecule has 0 aromatic carbocycles. The van der Waals surface area contributed by atoms with Gasteiger partial charge in [-0.2, -0.15) is 4.98 Å². The van der Waals surface area contributed by atoms with Crippen molar-refractivity contribution in [3.63, 3.8) is 0 Å². The second kappa shape index (κ2) is 5.00. The van der Waals surface area contributed by atoms with E-state index < -0.39 is 0 Å². The van der Waals surface area contributed by atoms with E-state index in [1.807, 2.05) is 13.8 Å². The molecule has 1 aromatic rings. The van der Waals surface area contributed by atoms with Crippen molar-refractivity contribution in [2.75, 3.05) is 6.54 Å². The summed E-state index contributed by atoms with van der Waals surface area (Å²) in [6, 6.07) is 0. The predicted octanol–water partition coefficient (Wildman–Crippen LogP) is 2.03. The molecule has 2 heterocycles. The van der Waals surface area contributed by atoms with Gasteiger partial charge < -0.3 is 10.1 Å². The average Bonchev–Trinajstić information content (AvgIpc) is 2.28. The van der Waals surface area contributed by atoms with Crippen LogP contribution in [0.4, 0.5) is 0 Å². The maximum atomic E-state index is 5.82. The van der Waals surface area contributed by atoms with Crippen LogP contribution in [0.2, 0.25) is 0 Å². The van der Waals surface area contributed by atoms with Gasteiger partial charge in [0.25, 0.3) is 0 Å². The fraction of sp³-hybridized carbons (Fsp3) is 0.692. The van der Waals surface area contributed by atoms with Crippen LogP contribution < -0.4 is 10.1 Å². The molecule has 94 valence electrons. The lowest BCUT2D eigenvalue weighted by molar-refractivity contribution is 0.227. The fourth-order valence-corrected chi connectivity index (χ4v) is 1.92. The first kappa shape index (κ1) is 12.3. The summed E-state index contributed by atoms with van der Waals surface area (Å²) in [6.07, 6.45) is 1.11. The molecule has 0 fully saturated rings. The van der Waals surface area contributed by atoms with Crippen molar-refractivity contribution in [2.45, 2.75) is 52.7 Å². The van der Waals surface area contributed by atoms with Crippen LogP contribution in [0.5, 0.6) is 5.88 Å². The molecule has 1 aliphatic rings. The minimum absolute atomic E-state index is 0.156. The highest BCUT2D eigenvalue weighted by Crippen LogP contribution is 2.25. The maximum absolute atomic E-state index is 5.82. The van der Waals surface area contributed by atoms with Gasteiger partial charge in [-0.3, -0.25) is 0 Å². The third-order valence-corrected chi connectivity index (χ3v) is 2.78. The van der Waals surface area contributed by atoms with Gasteiger partial charge in [-0.25, -0.2) is 4.98 Å². The van der Waals surface area contributed by atoms with E-state index in [-0.39, 0.29) is 6.10 Å². The Labute approximate surface area is 103 Å². The monoisotopic (exact) mass is 235 g/mol. The average molecular weight is 235 g/mol. The van der Waals surface area contributed by atoms with E-state index in [2.05, 4.69) is 29.1 Å². The van der Waals surface area contributed by atoms with Gasteiger partial charge in [0, 0.05) is 18.0 Å². The smallest absolute Gasteiger partial charge is 0.220 e. The third-order valence-electron chi connectivity index (χ3n) is 2.78. The van der Waals surface area contributed by atoms with Gasteiger partial charge in [-0.15, -0.1) is 0 Å². The summed E-state index contributed by atoms with van der Waals surface area (Å²) in [5.74, 6) is 2.00. The topological polar surface area (TPSA) is 47.0 Å². The molecule has 0 saturated heterocycles. The summed E-state index contributed by atoms with van der Waals surface area (Å²) in [4.78, 5) is 9.19. The molecule has 0 bridgehead atoms. The first-order valence-corrected chi connectivity index (χ1v) is 6.35. The zero-order chi connectivity index (χ0) is 12.4. The van der Waals surface area contributed by atoms with Crippen molar-refractivity contribution >= 4 is 0 Å². The number of nitrogens with zero attached hydrogens (tertiary/aromatic N) is 2. The van der Waals surface area contributed by atoms with E-state index >= 15 is 0 Å². The number of nitrogens with one attached hydrogen (secondary N) is 1. The summed E-state index contributed by atoms with van der Waals surface area (Å²) in [5.41, 5.74) is 2.28. The molecular formula is C13H21N3O. The zero-order valence-corrected chi connectivity index (χ0v) is 11.1. The van der Waals surface area contributed by atoms with E-state index in [0.717, 1.165) is 36.9 Å². The van der Waals surface area contributed by atoms with Gasteiger partial charge in [0.15, 0.2) is 0 Å². The zero-order valence-electron chi connectivity index (χ0n) is 11.1. The number of aromatic nitrogens is 2. The second-order valence-electron chi connectivity index (χ2n) is 5.06. The van der Waals surface area contributed by atoms with Crippen LogP contribution in [0.1, 0.15) is 50.7 Å². The first-order chi connectivity index (χ1) is 8.08. The van der Waals surface area contributed by atoms with E-state index in [9.17, 15) is 0 Å². The van der Waals surface area contributed by atoms with Gasteiger partial charge >= 0.3 is 0 Å². The van der Waals surface area contributed by atoms with E-state index in [0.29, 0.717) is 5.92 Å². The quantitative estimate of drug-likeness (QED) is 0.871. The molecule has 1 N–H and O–H groups in total. The number of hydrogen-bond donors (Lipinski definition) is 1. The van der Waals surface area contributed by atoms with Crippen LogP contribution in [0.15, 0.2) is 0 Å². The van der Waals surface area contributed by atoms with E-state index in [1.165, 1.54) is 5.56 Å². The third kappa shape index (κ3) is 2.75. The molecule has 0 radical (unpaired) electrons. The Bertz CT molecular complexity index is 402. The van der Waals surface area contributed by atoms with Crippen LogP contribution in [-0.2, 0) is 13.0 Å². The van der Waals surface area contributed by atoms with Crippen LogP contribution >= 0.6 is 0 Å². The molecule has 4 nitrogen and oxygen atoms in total. The Morgan fingerprint density at radius 2 is 1.94 bits per heavy atom. The van der Waals surface area contributed by atoms with Crippen molar-refractivity contribution in [2.24, 2.45) is 0 Å². The fourth-order valence-electron chi connectivity index (χ4n) is 1.92. The van der Waals surface area contributed by atoms with Crippen LogP contribution in [0.3, 0.4) is 0 Å². The summed E-state index contributed by atoms with van der Waals surface area (Å²) >= 11 is 0. The molecular weight excluding hydrogens is 214 g/mol.